The molecule has 0 spiro atoms. The highest BCUT2D eigenvalue weighted by Crippen LogP contribution is 2.32. The van der Waals surface area contributed by atoms with Crippen LogP contribution >= 0.6 is 27.7 Å². The average molecular weight is 439 g/mol. The molecule has 0 bridgehead atoms. The van der Waals surface area contributed by atoms with Gasteiger partial charge >= 0.3 is 0 Å². The molecule has 1 N–H and O–H groups in total. The lowest BCUT2D eigenvalue weighted by Crippen LogP contribution is -2.15. The fraction of sp³-hybridized carbons (Fsp3) is 0.118. The standard InChI is InChI=1S/C17H13BrF2N4OS/c1-10-15(22-23-24(10)12-6-4-5-11(18)9-12)16(25)21-13-7-2-3-8-14(13)26-17(19)20/h2-9,17H,1H3,(H,21,25). The largest absolute Gasteiger partial charge is 0.319 e. The first-order valence-electron chi connectivity index (χ1n) is 7.49. The van der Waals surface area contributed by atoms with Crippen LogP contribution in [0.25, 0.3) is 5.69 Å². The number of carbonyl (C=O) groups is 1. The number of thioether (sulfide) groups is 1. The van der Waals surface area contributed by atoms with Crippen molar-refractivity contribution in [1.29, 1.82) is 0 Å². The molecule has 0 unspecified atom stereocenters. The molecule has 0 radical (unpaired) electrons. The molecule has 1 aromatic heterocycles. The zero-order chi connectivity index (χ0) is 18.7. The van der Waals surface area contributed by atoms with Gasteiger partial charge in [0.05, 0.1) is 17.1 Å². The predicted molar refractivity (Wildman–Crippen MR) is 100 cm³/mol. The fourth-order valence-corrected chi connectivity index (χ4v) is 3.32. The highest BCUT2D eigenvalue weighted by Gasteiger charge is 2.19. The molecule has 0 aliphatic heterocycles. The van der Waals surface area contributed by atoms with Crippen molar-refractivity contribution in [1.82, 2.24) is 15.0 Å². The molecule has 26 heavy (non-hydrogen) atoms. The molecule has 0 atom stereocenters. The minimum Gasteiger partial charge on any atom is -0.319 e. The summed E-state index contributed by atoms with van der Waals surface area (Å²) in [6.45, 7) is 1.72. The number of nitrogens with one attached hydrogen (secondary N) is 1. The van der Waals surface area contributed by atoms with Crippen molar-refractivity contribution in [3.05, 3.63) is 64.4 Å². The van der Waals surface area contributed by atoms with Crippen molar-refractivity contribution in [2.45, 2.75) is 17.6 Å². The van der Waals surface area contributed by atoms with E-state index in [2.05, 4.69) is 31.6 Å². The quantitative estimate of drug-likeness (QED) is 0.575. The highest BCUT2D eigenvalue weighted by atomic mass is 79.9. The second-order valence-electron chi connectivity index (χ2n) is 5.24. The molecular formula is C17H13BrF2N4OS. The summed E-state index contributed by atoms with van der Waals surface area (Å²) in [4.78, 5) is 12.8. The minimum absolute atomic E-state index is 0.127. The normalized spacial score (nSPS) is 11.0. The van der Waals surface area contributed by atoms with Gasteiger partial charge in [0.1, 0.15) is 0 Å². The third-order valence-electron chi connectivity index (χ3n) is 3.51. The van der Waals surface area contributed by atoms with Gasteiger partial charge in [0, 0.05) is 9.37 Å². The first-order valence-corrected chi connectivity index (χ1v) is 9.16. The van der Waals surface area contributed by atoms with Gasteiger partial charge in [0.2, 0.25) is 0 Å². The highest BCUT2D eigenvalue weighted by molar-refractivity contribution is 9.10. The van der Waals surface area contributed by atoms with Gasteiger partial charge in [-0.3, -0.25) is 4.79 Å². The lowest BCUT2D eigenvalue weighted by atomic mass is 10.2. The molecule has 2 aromatic carbocycles. The van der Waals surface area contributed by atoms with Gasteiger partial charge in [-0.1, -0.05) is 51.1 Å². The molecule has 1 amide bonds. The first kappa shape index (κ1) is 18.5. The van der Waals surface area contributed by atoms with Crippen LogP contribution in [0, 0.1) is 6.92 Å². The van der Waals surface area contributed by atoms with Crippen LogP contribution < -0.4 is 5.32 Å². The number of anilines is 1. The molecule has 3 aromatic rings. The maximum atomic E-state index is 12.7. The van der Waals surface area contributed by atoms with Gasteiger partial charge in [0.25, 0.3) is 11.7 Å². The smallest absolute Gasteiger partial charge is 0.288 e. The Balaban J connectivity index is 1.86. The van der Waals surface area contributed by atoms with Crippen LogP contribution in [0.4, 0.5) is 14.5 Å². The van der Waals surface area contributed by atoms with Gasteiger partial charge in [0.15, 0.2) is 5.69 Å². The van der Waals surface area contributed by atoms with Crippen LogP contribution in [0.2, 0.25) is 0 Å². The summed E-state index contributed by atoms with van der Waals surface area (Å²) < 4.78 is 27.7. The summed E-state index contributed by atoms with van der Waals surface area (Å²) in [6, 6.07) is 13.8. The Hall–Kier alpha value is -2.26. The SMILES string of the molecule is Cc1c(C(=O)Nc2ccccc2SC(F)F)nnn1-c1cccc(Br)c1. The van der Waals surface area contributed by atoms with E-state index in [1.165, 1.54) is 6.07 Å². The molecule has 1 heterocycles. The summed E-state index contributed by atoms with van der Waals surface area (Å²) in [5, 5.41) is 10.6. The van der Waals surface area contributed by atoms with Crippen LogP contribution in [0.3, 0.4) is 0 Å². The fourth-order valence-electron chi connectivity index (χ4n) is 2.34. The number of hydrogen-bond donors (Lipinski definition) is 1. The summed E-state index contributed by atoms with van der Waals surface area (Å²) in [6.07, 6.45) is 0. The van der Waals surface area contributed by atoms with Crippen molar-refractivity contribution in [3.63, 3.8) is 0 Å². The van der Waals surface area contributed by atoms with Crippen molar-refractivity contribution in [2.75, 3.05) is 5.32 Å². The molecule has 0 fully saturated rings. The Kier molecular flexibility index (Phi) is 5.67. The van der Waals surface area contributed by atoms with Gasteiger partial charge in [-0.25, -0.2) is 4.68 Å². The molecule has 0 aliphatic carbocycles. The van der Waals surface area contributed by atoms with E-state index >= 15 is 0 Å². The Morgan fingerprint density at radius 3 is 2.73 bits per heavy atom. The maximum absolute atomic E-state index is 12.7. The second kappa shape index (κ2) is 7.96. The van der Waals surface area contributed by atoms with E-state index < -0.39 is 11.7 Å². The Bertz CT molecular complexity index is 948. The van der Waals surface area contributed by atoms with Crippen molar-refractivity contribution < 1.29 is 13.6 Å². The molecule has 0 saturated heterocycles. The number of benzene rings is 2. The number of aromatic nitrogens is 3. The zero-order valence-electron chi connectivity index (χ0n) is 13.5. The van der Waals surface area contributed by atoms with Crippen LogP contribution in [0.5, 0.6) is 0 Å². The van der Waals surface area contributed by atoms with Gasteiger partial charge in [-0.15, -0.1) is 5.10 Å². The lowest BCUT2D eigenvalue weighted by molar-refractivity contribution is 0.102. The molecule has 0 aliphatic rings. The summed E-state index contributed by atoms with van der Waals surface area (Å²) >= 11 is 3.76. The monoisotopic (exact) mass is 438 g/mol. The van der Waals surface area contributed by atoms with E-state index in [0.29, 0.717) is 23.1 Å². The number of alkyl halides is 2. The first-order chi connectivity index (χ1) is 12.5. The number of halogens is 3. The number of nitrogens with zero attached hydrogens (tertiary/aromatic N) is 3. The number of hydrogen-bond acceptors (Lipinski definition) is 4. The Labute approximate surface area is 160 Å². The van der Waals surface area contributed by atoms with E-state index in [9.17, 15) is 13.6 Å². The summed E-state index contributed by atoms with van der Waals surface area (Å²) in [7, 11) is 0. The maximum Gasteiger partial charge on any atom is 0.288 e. The lowest BCUT2D eigenvalue weighted by Gasteiger charge is -2.09. The third kappa shape index (κ3) is 4.10. The Morgan fingerprint density at radius 2 is 2.00 bits per heavy atom. The van der Waals surface area contributed by atoms with Crippen LogP contribution in [-0.2, 0) is 0 Å². The van der Waals surface area contributed by atoms with Crippen LogP contribution in [0.15, 0.2) is 57.9 Å². The summed E-state index contributed by atoms with van der Waals surface area (Å²) in [5.74, 6) is -3.08. The topological polar surface area (TPSA) is 59.8 Å². The summed E-state index contributed by atoms with van der Waals surface area (Å²) in [5.41, 5.74) is 1.72. The van der Waals surface area contributed by atoms with Crippen molar-refractivity contribution in [2.24, 2.45) is 0 Å². The molecule has 5 nitrogen and oxygen atoms in total. The van der Waals surface area contributed by atoms with E-state index in [-0.39, 0.29) is 10.6 Å². The van der Waals surface area contributed by atoms with Crippen molar-refractivity contribution in [3.8, 4) is 5.69 Å². The molecule has 0 saturated carbocycles. The molecule has 134 valence electrons. The van der Waals surface area contributed by atoms with E-state index in [1.807, 2.05) is 24.3 Å². The van der Waals surface area contributed by atoms with Crippen LogP contribution in [0.1, 0.15) is 16.2 Å². The molecule has 9 heteroatoms. The zero-order valence-corrected chi connectivity index (χ0v) is 15.9. The third-order valence-corrected chi connectivity index (χ3v) is 4.80. The van der Waals surface area contributed by atoms with Gasteiger partial charge < -0.3 is 5.32 Å². The number of carbonyl (C=O) groups excluding carboxylic acids is 1. The number of amides is 1. The molecule has 3 rings (SSSR count). The number of rotatable bonds is 5. The second-order valence-corrected chi connectivity index (χ2v) is 7.19. The minimum atomic E-state index is -2.58. The van der Waals surface area contributed by atoms with E-state index in [1.54, 1.807) is 29.8 Å². The van der Waals surface area contributed by atoms with Crippen molar-refractivity contribution >= 4 is 39.3 Å². The average Bonchev–Trinajstić information content (AvgIpc) is 2.98. The number of para-hydroxylation sites is 1. The van der Waals surface area contributed by atoms with Gasteiger partial charge in [-0.2, -0.15) is 8.78 Å². The molecular weight excluding hydrogens is 426 g/mol. The van der Waals surface area contributed by atoms with Gasteiger partial charge in [-0.05, 0) is 37.3 Å². The van der Waals surface area contributed by atoms with E-state index in [0.717, 1.165) is 10.2 Å². The van der Waals surface area contributed by atoms with Crippen LogP contribution in [-0.4, -0.2) is 26.7 Å². The Morgan fingerprint density at radius 1 is 1.23 bits per heavy atom. The van der Waals surface area contributed by atoms with E-state index in [4.69, 9.17) is 0 Å². The predicted octanol–water partition coefficient (Wildman–Crippen LogP) is 4.91.